The van der Waals surface area contributed by atoms with Gasteiger partial charge in [-0.2, -0.15) is 0 Å². The van der Waals surface area contributed by atoms with Crippen molar-refractivity contribution < 1.29 is 4.79 Å². The smallest absolute Gasteiger partial charge is 0.134 e. The second kappa shape index (κ2) is 3.59. The van der Waals surface area contributed by atoms with Gasteiger partial charge < -0.3 is 5.73 Å². The second-order valence-corrected chi connectivity index (χ2v) is 3.10. The molecule has 0 saturated carbocycles. The van der Waals surface area contributed by atoms with Gasteiger partial charge in [-0.3, -0.25) is 4.79 Å². The molecule has 1 aromatic rings. The van der Waals surface area contributed by atoms with E-state index in [1.54, 1.807) is 12.1 Å². The number of hydrogen-bond acceptors (Lipinski definition) is 2. The SMILES string of the molecule is CC(=O)Cc1cccc(Cl)c1N. The fraction of sp³-hybridized carbons (Fsp3) is 0.222. The molecule has 1 aromatic carbocycles. The third-order valence-electron chi connectivity index (χ3n) is 1.58. The Kier molecular flexibility index (Phi) is 2.71. The van der Waals surface area contributed by atoms with Crippen LogP contribution in [0.25, 0.3) is 0 Å². The summed E-state index contributed by atoms with van der Waals surface area (Å²) in [5.41, 5.74) is 6.96. The van der Waals surface area contributed by atoms with Crippen molar-refractivity contribution in [1.82, 2.24) is 0 Å². The molecule has 0 aromatic heterocycles. The van der Waals surface area contributed by atoms with Gasteiger partial charge in [0, 0.05) is 6.42 Å². The van der Waals surface area contributed by atoms with E-state index in [1.165, 1.54) is 6.92 Å². The van der Waals surface area contributed by atoms with Crippen molar-refractivity contribution in [2.45, 2.75) is 13.3 Å². The first-order chi connectivity index (χ1) is 5.61. The molecule has 2 nitrogen and oxygen atoms in total. The first kappa shape index (κ1) is 9.07. The molecule has 2 N–H and O–H groups in total. The molecule has 3 heteroatoms. The van der Waals surface area contributed by atoms with Gasteiger partial charge in [0.1, 0.15) is 5.78 Å². The van der Waals surface area contributed by atoms with Crippen LogP contribution in [0.1, 0.15) is 12.5 Å². The van der Waals surface area contributed by atoms with Gasteiger partial charge in [0.05, 0.1) is 10.7 Å². The van der Waals surface area contributed by atoms with Crippen molar-refractivity contribution in [3.05, 3.63) is 28.8 Å². The number of halogens is 1. The maximum Gasteiger partial charge on any atom is 0.134 e. The van der Waals surface area contributed by atoms with Crippen molar-refractivity contribution in [3.8, 4) is 0 Å². The topological polar surface area (TPSA) is 43.1 Å². The molecule has 0 spiro atoms. The Morgan fingerprint density at radius 2 is 2.25 bits per heavy atom. The molecular formula is C9H10ClNO. The van der Waals surface area contributed by atoms with E-state index in [1.807, 2.05) is 6.07 Å². The molecule has 0 radical (unpaired) electrons. The Morgan fingerprint density at radius 1 is 1.58 bits per heavy atom. The quantitative estimate of drug-likeness (QED) is 0.714. The lowest BCUT2D eigenvalue weighted by atomic mass is 10.1. The van der Waals surface area contributed by atoms with Crippen LogP contribution in [0.5, 0.6) is 0 Å². The summed E-state index contributed by atoms with van der Waals surface area (Å²) in [6, 6.07) is 5.31. The van der Waals surface area contributed by atoms with E-state index in [9.17, 15) is 4.79 Å². The average Bonchev–Trinajstić information content (AvgIpc) is 1.98. The van der Waals surface area contributed by atoms with Crippen LogP contribution in [-0.2, 0) is 11.2 Å². The first-order valence-electron chi connectivity index (χ1n) is 3.63. The van der Waals surface area contributed by atoms with Crippen molar-refractivity contribution >= 4 is 23.1 Å². The number of carbonyl (C=O) groups excluding carboxylic acids is 1. The minimum absolute atomic E-state index is 0.0870. The standard InChI is InChI=1S/C9H10ClNO/c1-6(12)5-7-3-2-4-8(10)9(7)11/h2-4H,5,11H2,1H3. The number of carbonyl (C=O) groups is 1. The Labute approximate surface area is 76.3 Å². The van der Waals surface area contributed by atoms with Crippen LogP contribution < -0.4 is 5.73 Å². The molecule has 1 rings (SSSR count). The predicted molar refractivity (Wildman–Crippen MR) is 50.2 cm³/mol. The van der Waals surface area contributed by atoms with E-state index in [0.29, 0.717) is 17.1 Å². The molecule has 64 valence electrons. The molecule has 0 atom stereocenters. The zero-order valence-electron chi connectivity index (χ0n) is 6.80. The fourth-order valence-corrected chi connectivity index (χ4v) is 1.20. The van der Waals surface area contributed by atoms with Gasteiger partial charge in [-0.05, 0) is 18.6 Å². The number of nitrogen functional groups attached to an aromatic ring is 1. The van der Waals surface area contributed by atoms with Gasteiger partial charge >= 0.3 is 0 Å². The molecule has 0 saturated heterocycles. The summed E-state index contributed by atoms with van der Waals surface area (Å²) in [6.45, 7) is 1.53. The molecule has 0 aliphatic carbocycles. The fourth-order valence-electron chi connectivity index (χ4n) is 1.00. The van der Waals surface area contributed by atoms with Crippen LogP contribution in [0.4, 0.5) is 5.69 Å². The van der Waals surface area contributed by atoms with Crippen LogP contribution in [-0.4, -0.2) is 5.78 Å². The lowest BCUT2D eigenvalue weighted by Crippen LogP contribution is -2.01. The molecule has 0 aliphatic rings. The number of nitrogens with two attached hydrogens (primary N) is 1. The summed E-state index contributed by atoms with van der Waals surface area (Å²) >= 11 is 5.76. The molecule has 0 amide bonds. The molecule has 0 heterocycles. The van der Waals surface area contributed by atoms with E-state index in [0.717, 1.165) is 5.56 Å². The highest BCUT2D eigenvalue weighted by Gasteiger charge is 2.04. The highest BCUT2D eigenvalue weighted by Crippen LogP contribution is 2.22. The lowest BCUT2D eigenvalue weighted by Gasteiger charge is -2.03. The minimum Gasteiger partial charge on any atom is -0.397 e. The number of para-hydroxylation sites is 1. The van der Waals surface area contributed by atoms with E-state index < -0.39 is 0 Å². The number of benzene rings is 1. The van der Waals surface area contributed by atoms with Gasteiger partial charge in [0.15, 0.2) is 0 Å². The predicted octanol–water partition coefficient (Wildman–Crippen LogP) is 2.05. The van der Waals surface area contributed by atoms with E-state index >= 15 is 0 Å². The van der Waals surface area contributed by atoms with E-state index in [-0.39, 0.29) is 5.78 Å². The minimum atomic E-state index is 0.0870. The zero-order chi connectivity index (χ0) is 9.14. The maximum atomic E-state index is 10.8. The van der Waals surface area contributed by atoms with E-state index in [4.69, 9.17) is 17.3 Å². The molecule has 0 aliphatic heterocycles. The highest BCUT2D eigenvalue weighted by molar-refractivity contribution is 6.33. The second-order valence-electron chi connectivity index (χ2n) is 2.69. The van der Waals surface area contributed by atoms with Crippen molar-refractivity contribution in [1.29, 1.82) is 0 Å². The lowest BCUT2D eigenvalue weighted by molar-refractivity contribution is -0.116. The van der Waals surface area contributed by atoms with Crippen LogP contribution in [0.3, 0.4) is 0 Å². The summed E-state index contributed by atoms with van der Waals surface area (Å²) in [5.74, 6) is 0.0870. The molecule has 12 heavy (non-hydrogen) atoms. The van der Waals surface area contributed by atoms with Crippen LogP contribution in [0, 0.1) is 0 Å². The Morgan fingerprint density at radius 3 is 2.83 bits per heavy atom. The van der Waals surface area contributed by atoms with Crippen molar-refractivity contribution in [2.75, 3.05) is 5.73 Å². The monoisotopic (exact) mass is 183 g/mol. The number of anilines is 1. The molecular weight excluding hydrogens is 174 g/mol. The summed E-state index contributed by atoms with van der Waals surface area (Å²) in [4.78, 5) is 10.8. The normalized spacial score (nSPS) is 9.83. The maximum absolute atomic E-state index is 10.8. The number of rotatable bonds is 2. The van der Waals surface area contributed by atoms with Gasteiger partial charge in [0.2, 0.25) is 0 Å². The Balaban J connectivity index is 3.00. The van der Waals surface area contributed by atoms with Crippen molar-refractivity contribution in [3.63, 3.8) is 0 Å². The van der Waals surface area contributed by atoms with Gasteiger partial charge in [-0.15, -0.1) is 0 Å². The molecule has 0 fully saturated rings. The van der Waals surface area contributed by atoms with Gasteiger partial charge in [-0.1, -0.05) is 23.7 Å². The molecule has 0 unspecified atom stereocenters. The number of Topliss-reactive ketones (excluding diaryl/α,β-unsaturated/α-hetero) is 1. The third kappa shape index (κ3) is 1.98. The summed E-state index contributed by atoms with van der Waals surface area (Å²) < 4.78 is 0. The Bertz CT molecular complexity index is 309. The zero-order valence-corrected chi connectivity index (χ0v) is 7.56. The van der Waals surface area contributed by atoms with Crippen LogP contribution >= 0.6 is 11.6 Å². The first-order valence-corrected chi connectivity index (χ1v) is 4.01. The summed E-state index contributed by atoms with van der Waals surface area (Å²) in [7, 11) is 0. The Hall–Kier alpha value is -1.02. The molecule has 0 bridgehead atoms. The number of ketones is 1. The summed E-state index contributed by atoms with van der Waals surface area (Å²) in [6.07, 6.45) is 0.354. The van der Waals surface area contributed by atoms with Crippen molar-refractivity contribution in [2.24, 2.45) is 0 Å². The summed E-state index contributed by atoms with van der Waals surface area (Å²) in [5, 5.41) is 0.508. The highest BCUT2D eigenvalue weighted by atomic mass is 35.5. The van der Waals surface area contributed by atoms with Gasteiger partial charge in [-0.25, -0.2) is 0 Å². The van der Waals surface area contributed by atoms with E-state index in [2.05, 4.69) is 0 Å². The van der Waals surface area contributed by atoms with Crippen LogP contribution in [0.2, 0.25) is 5.02 Å². The largest absolute Gasteiger partial charge is 0.397 e. The number of hydrogen-bond donors (Lipinski definition) is 1. The average molecular weight is 184 g/mol. The van der Waals surface area contributed by atoms with Gasteiger partial charge in [0.25, 0.3) is 0 Å². The van der Waals surface area contributed by atoms with Crippen LogP contribution in [0.15, 0.2) is 18.2 Å². The third-order valence-corrected chi connectivity index (χ3v) is 1.91.